The van der Waals surface area contributed by atoms with Crippen LogP contribution in [0.3, 0.4) is 0 Å². The lowest BCUT2D eigenvalue weighted by Crippen LogP contribution is -2.50. The maximum absolute atomic E-state index is 13.2. The molecular formula is C28H34N4O5. The Bertz CT molecular complexity index is 1160. The molecule has 0 saturated carbocycles. The molecule has 2 heterocycles. The highest BCUT2D eigenvalue weighted by Crippen LogP contribution is 2.38. The smallest absolute Gasteiger partial charge is 0.251 e. The van der Waals surface area contributed by atoms with Crippen molar-refractivity contribution in [1.82, 2.24) is 15.2 Å². The topological polar surface area (TPSA) is 85.4 Å². The molecule has 1 amide bonds. The highest BCUT2D eigenvalue weighted by Gasteiger charge is 2.27. The minimum atomic E-state index is -0.221. The lowest BCUT2D eigenvalue weighted by Gasteiger charge is -2.40. The summed E-state index contributed by atoms with van der Waals surface area (Å²) in [7, 11) is 6.29. The van der Waals surface area contributed by atoms with Gasteiger partial charge in [0.25, 0.3) is 5.91 Å². The van der Waals surface area contributed by atoms with Crippen molar-refractivity contribution in [2.24, 2.45) is 0 Å². The minimum absolute atomic E-state index is 0.0282. The maximum atomic E-state index is 13.2. The van der Waals surface area contributed by atoms with Crippen molar-refractivity contribution in [3.8, 4) is 23.0 Å². The molecule has 196 valence electrons. The van der Waals surface area contributed by atoms with Crippen LogP contribution in [-0.2, 0) is 0 Å². The fourth-order valence-corrected chi connectivity index (χ4v) is 4.70. The lowest BCUT2D eigenvalue weighted by atomic mass is 10.1. The van der Waals surface area contributed by atoms with Gasteiger partial charge in [-0.1, -0.05) is 18.2 Å². The van der Waals surface area contributed by atoms with E-state index in [4.69, 9.17) is 18.9 Å². The lowest BCUT2D eigenvalue weighted by molar-refractivity contribution is 0.0929. The van der Waals surface area contributed by atoms with Crippen molar-refractivity contribution in [3.63, 3.8) is 0 Å². The molecule has 0 unspecified atom stereocenters. The van der Waals surface area contributed by atoms with Crippen molar-refractivity contribution >= 4 is 11.6 Å². The molecule has 9 nitrogen and oxygen atoms in total. The van der Waals surface area contributed by atoms with Crippen molar-refractivity contribution in [1.29, 1.82) is 0 Å². The molecule has 3 aromatic rings. The summed E-state index contributed by atoms with van der Waals surface area (Å²) in [6, 6.07) is 15.3. The number of carbonyl (C=O) groups excluding carboxylic acids is 1. The molecule has 9 heteroatoms. The van der Waals surface area contributed by atoms with Crippen LogP contribution in [0.4, 0.5) is 5.69 Å². The summed E-state index contributed by atoms with van der Waals surface area (Å²) in [6.07, 6.45) is 3.62. The van der Waals surface area contributed by atoms with Crippen LogP contribution in [0.5, 0.6) is 23.0 Å². The number of carbonyl (C=O) groups is 1. The second-order valence-corrected chi connectivity index (χ2v) is 8.62. The minimum Gasteiger partial charge on any atom is -0.495 e. The standard InChI is InChI=1S/C28H34N4O5/c1-34-24-10-6-5-9-22(24)31-12-14-32(15-13-31)23(20-8-7-11-29-18-20)19-30-28(33)21-16-25(35-2)27(37-4)26(17-21)36-3/h5-11,16-18,23H,12-15,19H2,1-4H3,(H,30,33)/t23-/m1/s1. The van der Waals surface area contributed by atoms with Crippen LogP contribution < -0.4 is 29.2 Å². The number of methoxy groups -OCH3 is 4. The number of hydrogen-bond donors (Lipinski definition) is 1. The van der Waals surface area contributed by atoms with E-state index in [9.17, 15) is 4.79 Å². The Morgan fingerprint density at radius 3 is 2.16 bits per heavy atom. The Balaban J connectivity index is 1.49. The van der Waals surface area contributed by atoms with Gasteiger partial charge in [0.1, 0.15) is 5.75 Å². The molecule has 1 N–H and O–H groups in total. The molecule has 2 aromatic carbocycles. The summed E-state index contributed by atoms with van der Waals surface area (Å²) >= 11 is 0. The number of aromatic nitrogens is 1. The van der Waals surface area contributed by atoms with Gasteiger partial charge >= 0.3 is 0 Å². The molecule has 0 bridgehead atoms. The number of rotatable bonds is 10. The summed E-state index contributed by atoms with van der Waals surface area (Å²) in [4.78, 5) is 22.2. The number of benzene rings is 2. The van der Waals surface area contributed by atoms with Gasteiger partial charge in [-0.3, -0.25) is 14.7 Å². The van der Waals surface area contributed by atoms with Crippen molar-refractivity contribution in [2.45, 2.75) is 6.04 Å². The summed E-state index contributed by atoms with van der Waals surface area (Å²) in [6.45, 7) is 3.78. The zero-order valence-electron chi connectivity index (χ0n) is 21.8. The molecule has 4 rings (SSSR count). The van der Waals surface area contributed by atoms with Crippen molar-refractivity contribution in [2.75, 3.05) is 66.1 Å². The molecular weight excluding hydrogens is 472 g/mol. The van der Waals surface area contributed by atoms with E-state index in [1.54, 1.807) is 25.4 Å². The summed E-state index contributed by atoms with van der Waals surface area (Å²) < 4.78 is 21.8. The molecule has 37 heavy (non-hydrogen) atoms. The van der Waals surface area contributed by atoms with Gasteiger partial charge in [0, 0.05) is 50.7 Å². The first-order valence-corrected chi connectivity index (χ1v) is 12.2. The monoisotopic (exact) mass is 506 g/mol. The first-order chi connectivity index (χ1) is 18.1. The fraction of sp³-hybridized carbons (Fsp3) is 0.357. The third-order valence-electron chi connectivity index (χ3n) is 6.63. The zero-order chi connectivity index (χ0) is 26.2. The third kappa shape index (κ3) is 5.89. The Labute approximate surface area is 217 Å². The van der Waals surface area contributed by atoms with E-state index >= 15 is 0 Å². The summed E-state index contributed by atoms with van der Waals surface area (Å²) in [5.41, 5.74) is 2.58. The van der Waals surface area contributed by atoms with E-state index in [1.165, 1.54) is 21.3 Å². The van der Waals surface area contributed by atoms with Crippen LogP contribution in [0.15, 0.2) is 60.9 Å². The van der Waals surface area contributed by atoms with Crippen LogP contribution in [0.1, 0.15) is 22.0 Å². The summed E-state index contributed by atoms with van der Waals surface area (Å²) in [5, 5.41) is 3.10. The van der Waals surface area contributed by atoms with Crippen LogP contribution in [0.2, 0.25) is 0 Å². The quantitative estimate of drug-likeness (QED) is 0.448. The van der Waals surface area contributed by atoms with Gasteiger partial charge < -0.3 is 29.2 Å². The van der Waals surface area contributed by atoms with E-state index < -0.39 is 0 Å². The SMILES string of the molecule is COc1ccccc1N1CCN([C@H](CNC(=O)c2cc(OC)c(OC)c(OC)c2)c2cccnc2)CC1. The predicted molar refractivity (Wildman–Crippen MR) is 142 cm³/mol. The molecule has 0 radical (unpaired) electrons. The van der Waals surface area contributed by atoms with Gasteiger partial charge in [-0.25, -0.2) is 0 Å². The zero-order valence-corrected chi connectivity index (χ0v) is 21.8. The number of ether oxygens (including phenoxy) is 4. The van der Waals surface area contributed by atoms with Gasteiger partial charge in [0.05, 0.1) is 40.2 Å². The highest BCUT2D eigenvalue weighted by atomic mass is 16.5. The number of pyridine rings is 1. The van der Waals surface area contributed by atoms with E-state index in [0.29, 0.717) is 29.4 Å². The van der Waals surface area contributed by atoms with Crippen LogP contribution in [0.25, 0.3) is 0 Å². The van der Waals surface area contributed by atoms with Gasteiger partial charge in [0.15, 0.2) is 11.5 Å². The van der Waals surface area contributed by atoms with Crippen LogP contribution >= 0.6 is 0 Å². The number of nitrogens with zero attached hydrogens (tertiary/aromatic N) is 3. The number of anilines is 1. The van der Waals surface area contributed by atoms with E-state index in [1.807, 2.05) is 30.5 Å². The average Bonchev–Trinajstić information content (AvgIpc) is 2.97. The van der Waals surface area contributed by atoms with Crippen molar-refractivity contribution < 1.29 is 23.7 Å². The Hall–Kier alpha value is -3.98. The Morgan fingerprint density at radius 1 is 0.892 bits per heavy atom. The maximum Gasteiger partial charge on any atom is 0.251 e. The van der Waals surface area contributed by atoms with Gasteiger partial charge in [-0.2, -0.15) is 0 Å². The van der Waals surface area contributed by atoms with Gasteiger partial charge in [-0.15, -0.1) is 0 Å². The summed E-state index contributed by atoms with van der Waals surface area (Å²) in [5.74, 6) is 1.97. The number of para-hydroxylation sites is 2. The first-order valence-electron chi connectivity index (χ1n) is 12.2. The molecule has 1 atom stereocenters. The Kier molecular flexibility index (Phi) is 8.68. The largest absolute Gasteiger partial charge is 0.495 e. The number of nitrogens with one attached hydrogen (secondary N) is 1. The molecule has 0 aliphatic carbocycles. The molecule has 1 aromatic heterocycles. The number of piperazine rings is 1. The number of hydrogen-bond acceptors (Lipinski definition) is 8. The van der Waals surface area contributed by atoms with E-state index in [-0.39, 0.29) is 11.9 Å². The number of amides is 1. The van der Waals surface area contributed by atoms with Crippen molar-refractivity contribution in [3.05, 3.63) is 72.1 Å². The molecule has 1 fully saturated rings. The second kappa shape index (κ2) is 12.3. The molecule has 1 aliphatic rings. The fourth-order valence-electron chi connectivity index (χ4n) is 4.70. The normalized spacial score (nSPS) is 14.5. The van der Waals surface area contributed by atoms with Gasteiger partial charge in [0.2, 0.25) is 5.75 Å². The van der Waals surface area contributed by atoms with E-state index in [0.717, 1.165) is 43.2 Å². The third-order valence-corrected chi connectivity index (χ3v) is 6.63. The van der Waals surface area contributed by atoms with Gasteiger partial charge in [-0.05, 0) is 35.9 Å². The van der Waals surface area contributed by atoms with E-state index in [2.05, 4.69) is 32.2 Å². The molecule has 1 saturated heterocycles. The van der Waals surface area contributed by atoms with Crippen LogP contribution in [-0.4, -0.2) is 77.0 Å². The first kappa shape index (κ1) is 26.1. The molecule has 0 spiro atoms. The van der Waals surface area contributed by atoms with Crippen LogP contribution in [0, 0.1) is 0 Å². The average molecular weight is 507 g/mol. The predicted octanol–water partition coefficient (Wildman–Crippen LogP) is 3.41. The second-order valence-electron chi connectivity index (χ2n) is 8.62. The highest BCUT2D eigenvalue weighted by molar-refractivity contribution is 5.95. The molecule has 1 aliphatic heterocycles. The Morgan fingerprint density at radius 2 is 1.57 bits per heavy atom.